The molecule has 0 bridgehead atoms. The van der Waals surface area contributed by atoms with Crippen molar-refractivity contribution in [2.45, 2.75) is 24.9 Å². The van der Waals surface area contributed by atoms with Crippen molar-refractivity contribution >= 4 is 0 Å². The Morgan fingerprint density at radius 2 is 2.15 bits per heavy atom. The average Bonchev–Trinajstić information content (AvgIpc) is 2.42. The van der Waals surface area contributed by atoms with Crippen molar-refractivity contribution in [3.63, 3.8) is 0 Å². The summed E-state index contributed by atoms with van der Waals surface area (Å²) in [5.41, 5.74) is 1.07. The molecule has 1 heterocycles. The predicted octanol–water partition coefficient (Wildman–Crippen LogP) is 1.59. The highest BCUT2D eigenvalue weighted by Crippen LogP contribution is 2.15. The van der Waals surface area contributed by atoms with E-state index in [-0.39, 0.29) is 5.82 Å². The maximum absolute atomic E-state index is 13.3. The molecule has 1 N–H and O–H groups in total. The number of hydrogen-bond acceptors (Lipinski definition) is 3. The summed E-state index contributed by atoms with van der Waals surface area (Å²) in [6.07, 6.45) is 1.97. The van der Waals surface area contributed by atoms with Crippen LogP contribution in [0.5, 0.6) is 0 Å². The second kappa shape index (κ2) is 7.16. The van der Waals surface area contributed by atoms with Crippen molar-refractivity contribution in [2.24, 2.45) is 0 Å². The van der Waals surface area contributed by atoms with Gasteiger partial charge in [0.1, 0.15) is 5.82 Å². The fourth-order valence-electron chi connectivity index (χ4n) is 2.94. The molecule has 2 atom stereocenters. The first-order chi connectivity index (χ1) is 9.58. The predicted molar refractivity (Wildman–Crippen MR) is 81.5 cm³/mol. The van der Waals surface area contributed by atoms with Crippen LogP contribution in [-0.4, -0.2) is 62.7 Å². The van der Waals surface area contributed by atoms with Gasteiger partial charge in [0.2, 0.25) is 0 Å². The maximum atomic E-state index is 13.3. The quantitative estimate of drug-likeness (QED) is 0.883. The molecule has 20 heavy (non-hydrogen) atoms. The number of likely N-dealkylation sites (N-methyl/N-ethyl adjacent to an activating group) is 3. The molecule has 0 radical (unpaired) electrons. The van der Waals surface area contributed by atoms with Gasteiger partial charge in [-0.05, 0) is 51.7 Å². The first kappa shape index (κ1) is 15.4. The van der Waals surface area contributed by atoms with E-state index in [0.717, 1.165) is 38.0 Å². The van der Waals surface area contributed by atoms with Crippen LogP contribution in [-0.2, 0) is 6.42 Å². The highest BCUT2D eigenvalue weighted by molar-refractivity contribution is 5.17. The van der Waals surface area contributed by atoms with E-state index < -0.39 is 0 Å². The molecule has 1 aliphatic heterocycles. The standard InChI is InChI=1S/C16H26FN3/c1-18-15(10-13-5-4-6-14(17)9-13)11-16-12-19(2)7-8-20(16)3/h4-6,9,15-16,18H,7-8,10-12H2,1-3H3. The Morgan fingerprint density at radius 3 is 2.85 bits per heavy atom. The summed E-state index contributed by atoms with van der Waals surface area (Å²) in [5, 5.41) is 3.39. The molecule has 0 aliphatic carbocycles. The Hall–Kier alpha value is -0.970. The summed E-state index contributed by atoms with van der Waals surface area (Å²) in [6.45, 7) is 3.37. The molecular weight excluding hydrogens is 253 g/mol. The van der Waals surface area contributed by atoms with Crippen molar-refractivity contribution in [1.29, 1.82) is 0 Å². The molecular formula is C16H26FN3. The van der Waals surface area contributed by atoms with Gasteiger partial charge in [0.05, 0.1) is 0 Å². The van der Waals surface area contributed by atoms with Gasteiger partial charge in [-0.25, -0.2) is 4.39 Å². The molecule has 0 saturated carbocycles. The highest BCUT2D eigenvalue weighted by Gasteiger charge is 2.24. The summed E-state index contributed by atoms with van der Waals surface area (Å²) >= 11 is 0. The number of benzene rings is 1. The normalized spacial score (nSPS) is 22.9. The van der Waals surface area contributed by atoms with Gasteiger partial charge in [0.25, 0.3) is 0 Å². The Bertz CT molecular complexity index is 424. The first-order valence-electron chi connectivity index (χ1n) is 7.39. The van der Waals surface area contributed by atoms with E-state index in [9.17, 15) is 4.39 Å². The van der Waals surface area contributed by atoms with Gasteiger partial charge in [-0.1, -0.05) is 12.1 Å². The molecule has 112 valence electrons. The van der Waals surface area contributed by atoms with E-state index in [2.05, 4.69) is 29.2 Å². The van der Waals surface area contributed by atoms with Crippen molar-refractivity contribution in [3.05, 3.63) is 35.6 Å². The van der Waals surface area contributed by atoms with Gasteiger partial charge < -0.3 is 15.1 Å². The van der Waals surface area contributed by atoms with Crippen LogP contribution in [0.2, 0.25) is 0 Å². The minimum Gasteiger partial charge on any atom is -0.317 e. The number of rotatable bonds is 5. The molecule has 1 aromatic rings. The van der Waals surface area contributed by atoms with Gasteiger partial charge in [0, 0.05) is 31.7 Å². The fourth-order valence-corrected chi connectivity index (χ4v) is 2.94. The number of halogens is 1. The van der Waals surface area contributed by atoms with E-state index in [4.69, 9.17) is 0 Å². The van der Waals surface area contributed by atoms with E-state index in [1.165, 1.54) is 6.07 Å². The zero-order chi connectivity index (χ0) is 14.5. The van der Waals surface area contributed by atoms with Crippen LogP contribution in [0.4, 0.5) is 4.39 Å². The lowest BCUT2D eigenvalue weighted by atomic mass is 9.97. The molecule has 0 aromatic heterocycles. The van der Waals surface area contributed by atoms with Gasteiger partial charge in [-0.3, -0.25) is 0 Å². The van der Waals surface area contributed by atoms with Crippen LogP contribution in [0.3, 0.4) is 0 Å². The Labute approximate surface area is 121 Å². The third-order valence-electron chi connectivity index (χ3n) is 4.32. The minimum atomic E-state index is -0.146. The molecule has 1 aromatic carbocycles. The van der Waals surface area contributed by atoms with Crippen LogP contribution in [0, 0.1) is 5.82 Å². The third-order valence-corrected chi connectivity index (χ3v) is 4.32. The van der Waals surface area contributed by atoms with Crippen LogP contribution >= 0.6 is 0 Å². The molecule has 2 rings (SSSR count). The molecule has 0 spiro atoms. The highest BCUT2D eigenvalue weighted by atomic mass is 19.1. The minimum absolute atomic E-state index is 0.146. The fraction of sp³-hybridized carbons (Fsp3) is 0.625. The second-order valence-electron chi connectivity index (χ2n) is 5.95. The lowest BCUT2D eigenvalue weighted by Crippen LogP contribution is -2.52. The summed E-state index contributed by atoms with van der Waals surface area (Å²) in [6, 6.07) is 7.89. The molecule has 1 saturated heterocycles. The zero-order valence-electron chi connectivity index (χ0n) is 12.8. The molecule has 0 amide bonds. The van der Waals surface area contributed by atoms with Crippen molar-refractivity contribution < 1.29 is 4.39 Å². The van der Waals surface area contributed by atoms with Crippen molar-refractivity contribution in [2.75, 3.05) is 40.8 Å². The second-order valence-corrected chi connectivity index (χ2v) is 5.95. The molecule has 4 heteroatoms. The van der Waals surface area contributed by atoms with Crippen LogP contribution in [0.25, 0.3) is 0 Å². The van der Waals surface area contributed by atoms with Crippen LogP contribution < -0.4 is 5.32 Å². The van der Waals surface area contributed by atoms with E-state index in [1.54, 1.807) is 12.1 Å². The third kappa shape index (κ3) is 4.27. The zero-order valence-corrected chi connectivity index (χ0v) is 12.8. The molecule has 3 nitrogen and oxygen atoms in total. The van der Waals surface area contributed by atoms with Crippen LogP contribution in [0.15, 0.2) is 24.3 Å². The number of nitrogens with one attached hydrogen (secondary N) is 1. The molecule has 1 fully saturated rings. The summed E-state index contributed by atoms with van der Waals surface area (Å²) in [7, 11) is 6.38. The number of nitrogens with zero attached hydrogens (tertiary/aromatic N) is 2. The molecule has 1 aliphatic rings. The maximum Gasteiger partial charge on any atom is 0.123 e. The smallest absolute Gasteiger partial charge is 0.123 e. The summed E-state index contributed by atoms with van der Waals surface area (Å²) in [4.78, 5) is 4.83. The number of hydrogen-bond donors (Lipinski definition) is 1. The number of piperazine rings is 1. The van der Waals surface area contributed by atoms with Gasteiger partial charge >= 0.3 is 0 Å². The first-order valence-corrected chi connectivity index (χ1v) is 7.39. The van der Waals surface area contributed by atoms with Crippen LogP contribution in [0.1, 0.15) is 12.0 Å². The SMILES string of the molecule is CNC(Cc1cccc(F)c1)CC1CN(C)CCN1C. The topological polar surface area (TPSA) is 18.5 Å². The van der Waals surface area contributed by atoms with E-state index >= 15 is 0 Å². The Balaban J connectivity index is 1.94. The van der Waals surface area contributed by atoms with E-state index in [1.807, 2.05) is 13.1 Å². The molecule has 2 unspecified atom stereocenters. The monoisotopic (exact) mass is 279 g/mol. The average molecular weight is 279 g/mol. The Kier molecular flexibility index (Phi) is 5.52. The van der Waals surface area contributed by atoms with Gasteiger partial charge in [-0.2, -0.15) is 0 Å². The summed E-state index contributed by atoms with van der Waals surface area (Å²) < 4.78 is 13.3. The lowest BCUT2D eigenvalue weighted by molar-refractivity contribution is 0.102. The van der Waals surface area contributed by atoms with Gasteiger partial charge in [-0.15, -0.1) is 0 Å². The van der Waals surface area contributed by atoms with Gasteiger partial charge in [0.15, 0.2) is 0 Å². The largest absolute Gasteiger partial charge is 0.317 e. The summed E-state index contributed by atoms with van der Waals surface area (Å²) in [5.74, 6) is -0.146. The van der Waals surface area contributed by atoms with E-state index in [0.29, 0.717) is 12.1 Å². The van der Waals surface area contributed by atoms with Crippen molar-refractivity contribution in [1.82, 2.24) is 15.1 Å². The Morgan fingerprint density at radius 1 is 1.35 bits per heavy atom. The van der Waals surface area contributed by atoms with Crippen molar-refractivity contribution in [3.8, 4) is 0 Å². The lowest BCUT2D eigenvalue weighted by Gasteiger charge is -2.39.